The van der Waals surface area contributed by atoms with E-state index in [4.69, 9.17) is 11.6 Å². The van der Waals surface area contributed by atoms with Crippen molar-refractivity contribution >= 4 is 11.6 Å². The van der Waals surface area contributed by atoms with Gasteiger partial charge in [-0.1, -0.05) is 35.9 Å². The summed E-state index contributed by atoms with van der Waals surface area (Å²) >= 11 is 6.17. The molecule has 1 unspecified atom stereocenters. The minimum atomic E-state index is -1.15. The Bertz CT molecular complexity index is 593. The van der Waals surface area contributed by atoms with Crippen molar-refractivity contribution in [2.24, 2.45) is 0 Å². The Kier molecular flexibility index (Phi) is 3.93. The molecular formula is C16H16ClFO. The molecule has 0 saturated carbocycles. The lowest BCUT2D eigenvalue weighted by Gasteiger charge is -2.24. The van der Waals surface area contributed by atoms with Crippen LogP contribution >= 0.6 is 11.6 Å². The fourth-order valence-corrected chi connectivity index (χ4v) is 2.39. The molecule has 3 heteroatoms. The summed E-state index contributed by atoms with van der Waals surface area (Å²) in [6, 6.07) is 11.7. The Hall–Kier alpha value is -1.38. The monoisotopic (exact) mass is 278 g/mol. The summed E-state index contributed by atoms with van der Waals surface area (Å²) in [4.78, 5) is 0. The SMILES string of the molecule is Cc1ccc(CC(C)(O)c2cccc(F)c2)c(Cl)c1. The lowest BCUT2D eigenvalue weighted by Crippen LogP contribution is -2.24. The van der Waals surface area contributed by atoms with E-state index in [2.05, 4.69) is 0 Å². The number of hydrogen-bond donors (Lipinski definition) is 1. The van der Waals surface area contributed by atoms with Gasteiger partial charge in [0.2, 0.25) is 0 Å². The molecule has 2 aromatic rings. The molecule has 0 radical (unpaired) electrons. The van der Waals surface area contributed by atoms with Crippen LogP contribution in [-0.4, -0.2) is 5.11 Å². The van der Waals surface area contributed by atoms with Crippen LogP contribution in [0.25, 0.3) is 0 Å². The van der Waals surface area contributed by atoms with E-state index in [1.807, 2.05) is 25.1 Å². The zero-order valence-corrected chi connectivity index (χ0v) is 11.7. The van der Waals surface area contributed by atoms with Crippen LogP contribution in [0.15, 0.2) is 42.5 Å². The lowest BCUT2D eigenvalue weighted by atomic mass is 9.89. The maximum atomic E-state index is 13.2. The molecule has 19 heavy (non-hydrogen) atoms. The standard InChI is InChI=1S/C16H16ClFO/c1-11-6-7-12(15(17)8-11)10-16(2,19)13-4-3-5-14(18)9-13/h3-9,19H,10H2,1-2H3. The molecule has 0 aliphatic rings. The molecule has 0 saturated heterocycles. The molecule has 0 bridgehead atoms. The summed E-state index contributed by atoms with van der Waals surface area (Å²) in [5.41, 5.74) is 1.31. The highest BCUT2D eigenvalue weighted by Crippen LogP contribution is 2.29. The first-order chi connectivity index (χ1) is 8.88. The van der Waals surface area contributed by atoms with Crippen molar-refractivity contribution in [2.75, 3.05) is 0 Å². The van der Waals surface area contributed by atoms with Crippen molar-refractivity contribution in [1.82, 2.24) is 0 Å². The summed E-state index contributed by atoms with van der Waals surface area (Å²) in [6.45, 7) is 3.62. The molecular weight excluding hydrogens is 263 g/mol. The second-order valence-electron chi connectivity index (χ2n) is 5.06. The van der Waals surface area contributed by atoms with Crippen LogP contribution in [-0.2, 0) is 12.0 Å². The van der Waals surface area contributed by atoms with Gasteiger partial charge >= 0.3 is 0 Å². The average molecular weight is 279 g/mol. The van der Waals surface area contributed by atoms with Gasteiger partial charge in [0.05, 0.1) is 5.60 Å². The van der Waals surface area contributed by atoms with Crippen molar-refractivity contribution in [3.8, 4) is 0 Å². The first kappa shape index (κ1) is 14.0. The smallest absolute Gasteiger partial charge is 0.123 e. The Labute approximate surface area is 117 Å². The average Bonchev–Trinajstić information content (AvgIpc) is 2.33. The number of aliphatic hydroxyl groups is 1. The van der Waals surface area contributed by atoms with Gasteiger partial charge in [-0.05, 0) is 48.7 Å². The molecule has 100 valence electrons. The summed E-state index contributed by atoms with van der Waals surface area (Å²) in [6.07, 6.45) is 0.343. The molecule has 0 spiro atoms. The van der Waals surface area contributed by atoms with Gasteiger partial charge in [-0.2, -0.15) is 0 Å². The van der Waals surface area contributed by atoms with Crippen LogP contribution < -0.4 is 0 Å². The molecule has 0 aliphatic heterocycles. The molecule has 0 heterocycles. The Morgan fingerprint density at radius 2 is 1.95 bits per heavy atom. The molecule has 2 rings (SSSR count). The predicted octanol–water partition coefficient (Wildman–Crippen LogP) is 4.24. The largest absolute Gasteiger partial charge is 0.385 e. The van der Waals surface area contributed by atoms with Crippen molar-refractivity contribution in [3.05, 3.63) is 70.0 Å². The van der Waals surface area contributed by atoms with Crippen molar-refractivity contribution in [3.63, 3.8) is 0 Å². The first-order valence-electron chi connectivity index (χ1n) is 6.12. The van der Waals surface area contributed by atoms with Crippen molar-refractivity contribution in [2.45, 2.75) is 25.9 Å². The lowest BCUT2D eigenvalue weighted by molar-refractivity contribution is 0.0573. The van der Waals surface area contributed by atoms with Gasteiger partial charge in [-0.15, -0.1) is 0 Å². The van der Waals surface area contributed by atoms with Crippen LogP contribution in [0, 0.1) is 12.7 Å². The van der Waals surface area contributed by atoms with E-state index in [0.29, 0.717) is 17.0 Å². The van der Waals surface area contributed by atoms with E-state index >= 15 is 0 Å². The summed E-state index contributed by atoms with van der Waals surface area (Å²) in [7, 11) is 0. The second kappa shape index (κ2) is 5.32. The number of rotatable bonds is 3. The van der Waals surface area contributed by atoms with Crippen LogP contribution in [0.1, 0.15) is 23.6 Å². The van der Waals surface area contributed by atoms with Gasteiger partial charge in [0.15, 0.2) is 0 Å². The minimum Gasteiger partial charge on any atom is -0.385 e. The quantitative estimate of drug-likeness (QED) is 0.890. The molecule has 0 fully saturated rings. The number of benzene rings is 2. The molecule has 0 aliphatic carbocycles. The third-order valence-corrected chi connectivity index (χ3v) is 3.54. The zero-order valence-electron chi connectivity index (χ0n) is 11.0. The van der Waals surface area contributed by atoms with E-state index in [1.165, 1.54) is 12.1 Å². The Morgan fingerprint density at radius 3 is 2.58 bits per heavy atom. The van der Waals surface area contributed by atoms with E-state index in [0.717, 1.165) is 11.1 Å². The van der Waals surface area contributed by atoms with E-state index in [1.54, 1.807) is 19.1 Å². The predicted molar refractivity (Wildman–Crippen MR) is 75.9 cm³/mol. The topological polar surface area (TPSA) is 20.2 Å². The summed E-state index contributed by atoms with van der Waals surface area (Å²) in [5.74, 6) is -0.354. The van der Waals surface area contributed by atoms with E-state index in [9.17, 15) is 9.50 Å². The van der Waals surface area contributed by atoms with Crippen molar-refractivity contribution < 1.29 is 9.50 Å². The van der Waals surface area contributed by atoms with Gasteiger partial charge in [-0.25, -0.2) is 4.39 Å². The fourth-order valence-electron chi connectivity index (χ4n) is 2.09. The molecule has 1 nitrogen and oxygen atoms in total. The second-order valence-corrected chi connectivity index (χ2v) is 5.46. The van der Waals surface area contributed by atoms with Gasteiger partial charge in [0.1, 0.15) is 5.82 Å². The van der Waals surface area contributed by atoms with Gasteiger partial charge in [0.25, 0.3) is 0 Å². The maximum absolute atomic E-state index is 13.2. The third-order valence-electron chi connectivity index (χ3n) is 3.19. The number of aryl methyl sites for hydroxylation is 1. The van der Waals surface area contributed by atoms with Crippen LogP contribution in [0.2, 0.25) is 5.02 Å². The summed E-state index contributed by atoms with van der Waals surface area (Å²) in [5, 5.41) is 11.2. The maximum Gasteiger partial charge on any atom is 0.123 e. The normalized spacial score (nSPS) is 14.2. The van der Waals surface area contributed by atoms with Gasteiger partial charge < -0.3 is 5.11 Å². The molecule has 0 aromatic heterocycles. The van der Waals surface area contributed by atoms with Crippen LogP contribution in [0.4, 0.5) is 4.39 Å². The third kappa shape index (κ3) is 3.34. The molecule has 2 aromatic carbocycles. The van der Waals surface area contributed by atoms with Gasteiger partial charge in [-0.3, -0.25) is 0 Å². The van der Waals surface area contributed by atoms with Crippen molar-refractivity contribution in [1.29, 1.82) is 0 Å². The summed E-state index contributed by atoms with van der Waals surface area (Å²) < 4.78 is 13.2. The first-order valence-corrected chi connectivity index (χ1v) is 6.50. The Balaban J connectivity index is 2.30. The number of halogens is 2. The Morgan fingerprint density at radius 1 is 1.21 bits per heavy atom. The van der Waals surface area contributed by atoms with Crippen LogP contribution in [0.5, 0.6) is 0 Å². The highest BCUT2D eigenvalue weighted by atomic mass is 35.5. The van der Waals surface area contributed by atoms with E-state index in [-0.39, 0.29) is 5.82 Å². The zero-order chi connectivity index (χ0) is 14.0. The minimum absolute atomic E-state index is 0.343. The highest BCUT2D eigenvalue weighted by molar-refractivity contribution is 6.31. The fraction of sp³-hybridized carbons (Fsp3) is 0.250. The molecule has 0 amide bonds. The van der Waals surface area contributed by atoms with E-state index < -0.39 is 5.60 Å². The molecule has 1 atom stereocenters. The molecule has 1 N–H and O–H groups in total. The van der Waals surface area contributed by atoms with Crippen LogP contribution in [0.3, 0.4) is 0 Å². The van der Waals surface area contributed by atoms with Gasteiger partial charge in [0, 0.05) is 11.4 Å². The number of hydrogen-bond acceptors (Lipinski definition) is 1. The highest BCUT2D eigenvalue weighted by Gasteiger charge is 2.25.